The van der Waals surface area contributed by atoms with Crippen LogP contribution in [0.5, 0.6) is 5.75 Å². The number of benzene rings is 2. The minimum atomic E-state index is -0.358. The highest BCUT2D eigenvalue weighted by Crippen LogP contribution is 2.21. The number of aryl methyl sites for hydroxylation is 1. The molecule has 0 unspecified atom stereocenters. The lowest BCUT2D eigenvalue weighted by Gasteiger charge is -2.08. The number of halogens is 2. The van der Waals surface area contributed by atoms with Crippen molar-refractivity contribution in [3.63, 3.8) is 0 Å². The fourth-order valence-corrected chi connectivity index (χ4v) is 2.85. The third-order valence-electron chi connectivity index (χ3n) is 3.63. The third kappa shape index (κ3) is 6.69. The molecule has 0 aliphatic heterocycles. The first kappa shape index (κ1) is 20.9. The number of hydrogen-bond donors (Lipinski definition) is 2. The van der Waals surface area contributed by atoms with Crippen molar-refractivity contribution >= 4 is 51.2 Å². The molecule has 0 heterocycles. The second-order valence-electron chi connectivity index (χ2n) is 5.69. The first-order valence-electron chi connectivity index (χ1n) is 8.10. The predicted octanol–water partition coefficient (Wildman–Crippen LogP) is 4.29. The lowest BCUT2D eigenvalue weighted by Crippen LogP contribution is -2.20. The zero-order valence-corrected chi connectivity index (χ0v) is 17.2. The van der Waals surface area contributed by atoms with E-state index in [9.17, 15) is 9.59 Å². The summed E-state index contributed by atoms with van der Waals surface area (Å²) in [6.07, 6.45) is 1.55. The lowest BCUT2D eigenvalue weighted by molar-refractivity contribution is -0.124. The molecule has 2 aromatic carbocycles. The molecule has 0 saturated carbocycles. The fraction of sp³-hybridized carbons (Fsp3) is 0.211. The van der Waals surface area contributed by atoms with Crippen LogP contribution in [0, 0.1) is 6.92 Å². The molecule has 2 N–H and O–H groups in total. The van der Waals surface area contributed by atoms with Crippen LogP contribution in [0.25, 0.3) is 0 Å². The molecule has 0 bridgehead atoms. The van der Waals surface area contributed by atoms with E-state index in [-0.39, 0.29) is 24.7 Å². The summed E-state index contributed by atoms with van der Waals surface area (Å²) in [7, 11) is 1.56. The Balaban J connectivity index is 1.82. The minimum absolute atomic E-state index is 0.0193. The van der Waals surface area contributed by atoms with Gasteiger partial charge in [0, 0.05) is 33.6 Å². The van der Waals surface area contributed by atoms with Gasteiger partial charge in [-0.05, 0) is 48.9 Å². The molecule has 2 amide bonds. The summed E-state index contributed by atoms with van der Waals surface area (Å²) in [6.45, 7) is 1.85. The lowest BCUT2D eigenvalue weighted by atomic mass is 10.2. The van der Waals surface area contributed by atoms with Gasteiger partial charge < -0.3 is 10.1 Å². The van der Waals surface area contributed by atoms with E-state index in [0.717, 1.165) is 10.0 Å². The number of amides is 2. The van der Waals surface area contributed by atoms with Crippen LogP contribution in [-0.2, 0) is 9.59 Å². The molecule has 142 valence electrons. The molecule has 0 saturated heterocycles. The Morgan fingerprint density at radius 3 is 2.63 bits per heavy atom. The number of hydrogen-bond acceptors (Lipinski definition) is 4. The van der Waals surface area contributed by atoms with Gasteiger partial charge in [0.25, 0.3) is 0 Å². The maximum Gasteiger partial charge on any atom is 0.240 e. The smallest absolute Gasteiger partial charge is 0.240 e. The summed E-state index contributed by atoms with van der Waals surface area (Å²) < 4.78 is 6.09. The Labute approximate surface area is 171 Å². The Bertz CT molecular complexity index is 871. The number of carbonyl (C=O) groups excluding carboxylic acids is 2. The molecule has 0 aliphatic rings. The summed E-state index contributed by atoms with van der Waals surface area (Å²) >= 11 is 9.25. The van der Waals surface area contributed by atoms with Crippen molar-refractivity contribution in [3.05, 3.63) is 57.0 Å². The van der Waals surface area contributed by atoms with Crippen LogP contribution in [0.15, 0.2) is 46.0 Å². The van der Waals surface area contributed by atoms with E-state index in [1.165, 1.54) is 6.21 Å². The van der Waals surface area contributed by atoms with E-state index >= 15 is 0 Å². The number of nitrogens with one attached hydrogen (secondary N) is 2. The molecule has 0 aromatic heterocycles. The normalized spacial score (nSPS) is 10.7. The van der Waals surface area contributed by atoms with Gasteiger partial charge in [-0.3, -0.25) is 9.59 Å². The Kier molecular flexibility index (Phi) is 7.82. The van der Waals surface area contributed by atoms with Crippen molar-refractivity contribution in [1.82, 2.24) is 5.43 Å². The molecular formula is C19H19BrClN3O3. The van der Waals surface area contributed by atoms with Gasteiger partial charge in [-0.2, -0.15) is 5.10 Å². The molecule has 6 nitrogen and oxygen atoms in total. The first-order valence-corrected chi connectivity index (χ1v) is 9.27. The zero-order valence-electron chi connectivity index (χ0n) is 14.9. The summed E-state index contributed by atoms with van der Waals surface area (Å²) in [5.41, 5.74) is 4.64. The van der Waals surface area contributed by atoms with Crippen molar-refractivity contribution in [1.29, 1.82) is 0 Å². The summed E-state index contributed by atoms with van der Waals surface area (Å²) in [5.74, 6) is 0.0188. The predicted molar refractivity (Wildman–Crippen MR) is 110 cm³/mol. The number of methoxy groups -OCH3 is 1. The fourth-order valence-electron chi connectivity index (χ4n) is 2.24. The van der Waals surface area contributed by atoms with Gasteiger partial charge in [-0.1, -0.05) is 27.5 Å². The third-order valence-corrected chi connectivity index (χ3v) is 4.35. The second kappa shape index (κ2) is 10.1. The molecule has 8 heteroatoms. The van der Waals surface area contributed by atoms with Crippen LogP contribution in [0.3, 0.4) is 0 Å². The molecule has 2 aromatic rings. The van der Waals surface area contributed by atoms with E-state index in [1.807, 2.05) is 19.1 Å². The van der Waals surface area contributed by atoms with Crippen LogP contribution in [0.1, 0.15) is 24.0 Å². The van der Waals surface area contributed by atoms with Crippen molar-refractivity contribution in [2.75, 3.05) is 12.4 Å². The van der Waals surface area contributed by atoms with Crippen LogP contribution >= 0.6 is 27.5 Å². The standard InChI is InChI=1S/C19H19BrClN3O3/c1-12-9-15(21)4-5-16(12)23-18(25)7-8-19(26)24-22-11-13-10-14(20)3-6-17(13)27-2/h3-6,9-11H,7-8H2,1-2H3,(H,23,25)(H,24,26). The number of carbonyl (C=O) groups is 2. The van der Waals surface area contributed by atoms with E-state index in [0.29, 0.717) is 22.0 Å². The van der Waals surface area contributed by atoms with Gasteiger partial charge in [0.15, 0.2) is 0 Å². The van der Waals surface area contributed by atoms with Crippen molar-refractivity contribution < 1.29 is 14.3 Å². The van der Waals surface area contributed by atoms with Gasteiger partial charge >= 0.3 is 0 Å². The largest absolute Gasteiger partial charge is 0.496 e. The second-order valence-corrected chi connectivity index (χ2v) is 7.04. The van der Waals surface area contributed by atoms with E-state index in [1.54, 1.807) is 31.4 Å². The van der Waals surface area contributed by atoms with Gasteiger partial charge in [-0.15, -0.1) is 0 Å². The molecule has 0 fully saturated rings. The highest BCUT2D eigenvalue weighted by molar-refractivity contribution is 9.10. The minimum Gasteiger partial charge on any atom is -0.496 e. The molecule has 0 aliphatic carbocycles. The topological polar surface area (TPSA) is 79.8 Å². The van der Waals surface area contributed by atoms with Crippen LogP contribution < -0.4 is 15.5 Å². The highest BCUT2D eigenvalue weighted by Gasteiger charge is 2.08. The first-order chi connectivity index (χ1) is 12.9. The van der Waals surface area contributed by atoms with E-state index in [4.69, 9.17) is 16.3 Å². The molecule has 0 atom stereocenters. The summed E-state index contributed by atoms with van der Waals surface area (Å²) in [6, 6.07) is 10.6. The molecule has 2 rings (SSSR count). The molecular weight excluding hydrogens is 434 g/mol. The average Bonchev–Trinajstić information content (AvgIpc) is 2.62. The number of ether oxygens (including phenoxy) is 1. The maximum atomic E-state index is 12.0. The number of hydrazone groups is 1. The van der Waals surface area contributed by atoms with Gasteiger partial charge in [-0.25, -0.2) is 5.43 Å². The van der Waals surface area contributed by atoms with Crippen molar-refractivity contribution in [2.45, 2.75) is 19.8 Å². The van der Waals surface area contributed by atoms with Crippen LogP contribution in [0.4, 0.5) is 5.69 Å². The van der Waals surface area contributed by atoms with E-state index < -0.39 is 0 Å². The number of rotatable bonds is 7. The van der Waals surface area contributed by atoms with Crippen molar-refractivity contribution in [2.24, 2.45) is 5.10 Å². The molecule has 0 radical (unpaired) electrons. The van der Waals surface area contributed by atoms with Crippen LogP contribution in [0.2, 0.25) is 5.02 Å². The van der Waals surface area contributed by atoms with Gasteiger partial charge in [0.2, 0.25) is 11.8 Å². The maximum absolute atomic E-state index is 12.0. The Morgan fingerprint density at radius 2 is 1.93 bits per heavy atom. The number of nitrogens with zero attached hydrogens (tertiary/aromatic N) is 1. The molecule has 0 spiro atoms. The summed E-state index contributed by atoms with van der Waals surface area (Å²) in [4.78, 5) is 23.8. The summed E-state index contributed by atoms with van der Waals surface area (Å²) in [5, 5.41) is 7.27. The average molecular weight is 453 g/mol. The SMILES string of the molecule is COc1ccc(Br)cc1C=NNC(=O)CCC(=O)Nc1ccc(Cl)cc1C. The van der Waals surface area contributed by atoms with Gasteiger partial charge in [0.05, 0.1) is 13.3 Å². The van der Waals surface area contributed by atoms with E-state index in [2.05, 4.69) is 31.8 Å². The van der Waals surface area contributed by atoms with Crippen LogP contribution in [-0.4, -0.2) is 25.1 Å². The number of anilines is 1. The Morgan fingerprint density at radius 1 is 1.19 bits per heavy atom. The van der Waals surface area contributed by atoms with Crippen molar-refractivity contribution in [3.8, 4) is 5.75 Å². The molecule has 27 heavy (non-hydrogen) atoms. The van der Waals surface area contributed by atoms with Gasteiger partial charge in [0.1, 0.15) is 5.75 Å². The quantitative estimate of drug-likeness (QED) is 0.486. The monoisotopic (exact) mass is 451 g/mol. The zero-order chi connectivity index (χ0) is 19.8. The Hall–Kier alpha value is -2.38. The highest BCUT2D eigenvalue weighted by atomic mass is 79.9.